The molecular formula is C96H216F4O12P4S8. The Morgan fingerprint density at radius 3 is 0.250 bits per heavy atom. The van der Waals surface area contributed by atoms with Crippen molar-refractivity contribution in [2.75, 3.05) is 138 Å². The molecule has 124 heavy (non-hydrogen) atoms. The predicted molar refractivity (Wildman–Crippen MR) is 579 cm³/mol. The van der Waals surface area contributed by atoms with Crippen molar-refractivity contribution in [2.45, 2.75) is 474 Å². The minimum absolute atomic E-state index is 0.762. The molecule has 0 aromatic rings. The third kappa shape index (κ3) is 65.8. The molecule has 768 valence electrons. The topological polar surface area (TPSA) is 142 Å². The molecule has 0 aliphatic rings. The van der Waals surface area contributed by atoms with Crippen LogP contribution in [0.15, 0.2) is 0 Å². The molecule has 0 unspecified atom stereocenters. The van der Waals surface area contributed by atoms with Crippen LogP contribution in [0.4, 0.5) is 16.8 Å². The molecule has 0 fully saturated rings. The molecule has 0 radical (unpaired) electrons. The van der Waals surface area contributed by atoms with E-state index in [0.29, 0.717) is 0 Å². The Kier molecular flexibility index (Phi) is 88.3. The van der Waals surface area contributed by atoms with Gasteiger partial charge in [0, 0.05) is 0 Å². The van der Waals surface area contributed by atoms with Crippen LogP contribution >= 0.6 is 114 Å². The second-order valence-corrected chi connectivity index (χ2v) is 69.8. The lowest BCUT2D eigenvalue weighted by molar-refractivity contribution is 0.362. The zero-order valence-corrected chi connectivity index (χ0v) is 96.5. The lowest BCUT2D eigenvalue weighted by Crippen LogP contribution is -2.18. The van der Waals surface area contributed by atoms with Gasteiger partial charge in [-0.3, -0.25) is 0 Å². The van der Waals surface area contributed by atoms with Gasteiger partial charge in [0.1, 0.15) is 0 Å². The maximum atomic E-state index is 15.6. The van der Waals surface area contributed by atoms with Crippen molar-refractivity contribution in [3.63, 3.8) is 0 Å². The van der Waals surface area contributed by atoms with Crippen molar-refractivity contribution in [1.29, 1.82) is 0 Å². The lowest BCUT2D eigenvalue weighted by atomic mass is 10.3. The van der Waals surface area contributed by atoms with E-state index in [4.69, 9.17) is 31.8 Å². The van der Waals surface area contributed by atoms with E-state index in [0.717, 1.165) is 446 Å². The van der Waals surface area contributed by atoms with Gasteiger partial charge in [-0.15, -0.1) is 99.3 Å². The summed E-state index contributed by atoms with van der Waals surface area (Å²) in [6.45, 7) is 51.5. The summed E-state index contributed by atoms with van der Waals surface area (Å²) in [6.07, 6.45) is 52.0. The second kappa shape index (κ2) is 82.1. The SMILES string of the molecule is CCCCCS(CC)(CCCCC)OP(=O)(F)OS(CC)(CCCCC)CCCCC.CCCCCS(CC)(CCCCC)OP(=O)(F)OS(CC)(CCCCC)CCCCC.CCCCCS(CC)(CCCCC)OP(=O)(F)OS(CC)(CCCCC)CCCCC.CCCCCS(CC)(CCCCC)OP(=O)(F)OS(CC)(CCCCC)CCCCC. The molecule has 0 aliphatic heterocycles. The predicted octanol–water partition coefficient (Wildman–Crippen LogP) is 41.3. The molecule has 0 aliphatic carbocycles. The van der Waals surface area contributed by atoms with Crippen molar-refractivity contribution in [3.8, 4) is 0 Å². The van der Waals surface area contributed by atoms with E-state index in [9.17, 15) is 18.3 Å². The first-order valence-corrected chi connectivity index (χ1v) is 74.4. The molecule has 0 saturated heterocycles. The number of rotatable bonds is 88. The molecule has 0 bridgehead atoms. The summed E-state index contributed by atoms with van der Waals surface area (Å²) in [7, 11) is -32.1. The van der Waals surface area contributed by atoms with Crippen LogP contribution in [-0.2, 0) is 50.0 Å². The fraction of sp³-hybridized carbons (Fsp3) is 1.00. The average molecular weight is 2020 g/mol. The molecule has 0 spiro atoms. The summed E-state index contributed by atoms with van der Waals surface area (Å²) >= 11 is 0. The van der Waals surface area contributed by atoms with E-state index in [-0.39, 0.29) is 0 Å². The lowest BCUT2D eigenvalue weighted by Gasteiger charge is -2.43. The standard InChI is InChI=1S/4C24H54FO3PS2/c4*1-7-13-17-21-30(11-5,22-18-14-8-2)27-29(25,26)28-31(12-6,23-19-15-9-3)24-20-16-10-4/h4*7-24H2,1-6H3. The zero-order chi connectivity index (χ0) is 94.6. The smallest absolute Gasteiger partial charge is 0.233 e. The normalized spacial score (nSPS) is 14.2. The van der Waals surface area contributed by atoms with Crippen molar-refractivity contribution in [3.05, 3.63) is 0 Å². The Hall–Kier alpha value is 3.12. The molecule has 0 aromatic carbocycles. The van der Waals surface area contributed by atoms with Crippen molar-refractivity contribution >= 4 is 114 Å². The van der Waals surface area contributed by atoms with E-state index in [1.54, 1.807) is 0 Å². The van der Waals surface area contributed by atoms with Gasteiger partial charge >= 0.3 is 31.6 Å². The van der Waals surface area contributed by atoms with Gasteiger partial charge in [0.25, 0.3) is 0 Å². The largest absolute Gasteiger partial charge is 0.532 e. The number of hydrogen-bond donors (Lipinski definition) is 0. The molecule has 0 aromatic heterocycles. The first-order valence-electron chi connectivity index (χ1n) is 52.1. The van der Waals surface area contributed by atoms with E-state index in [1.807, 2.05) is 0 Å². The van der Waals surface area contributed by atoms with Crippen LogP contribution in [0.5, 0.6) is 0 Å². The van der Waals surface area contributed by atoms with E-state index in [1.165, 1.54) is 0 Å². The second-order valence-electron chi connectivity index (χ2n) is 34.9. The van der Waals surface area contributed by atoms with Crippen molar-refractivity contribution < 1.29 is 66.8 Å². The highest BCUT2D eigenvalue weighted by Gasteiger charge is 2.46. The molecule has 0 atom stereocenters. The van der Waals surface area contributed by atoms with Crippen LogP contribution in [0.3, 0.4) is 0 Å². The molecule has 0 heterocycles. The summed E-state index contributed by atoms with van der Waals surface area (Å²) in [5.74, 6) is 19.6. The van der Waals surface area contributed by atoms with Gasteiger partial charge in [0.15, 0.2) is 0 Å². The quantitative estimate of drug-likeness (QED) is 0.0325. The minimum Gasteiger partial charge on any atom is -0.233 e. The molecule has 0 saturated carbocycles. The Morgan fingerprint density at radius 1 is 0.137 bits per heavy atom. The van der Waals surface area contributed by atoms with Crippen LogP contribution in [0, 0.1) is 0 Å². The van der Waals surface area contributed by atoms with Crippen LogP contribution in [-0.4, -0.2) is 138 Å². The fourth-order valence-electron chi connectivity index (χ4n) is 15.5. The summed E-state index contributed by atoms with van der Waals surface area (Å²) in [5.41, 5.74) is 0. The Morgan fingerprint density at radius 2 is 0.202 bits per heavy atom. The van der Waals surface area contributed by atoms with E-state index >= 15 is 16.8 Å². The molecule has 0 rings (SSSR count). The maximum absolute atomic E-state index is 15.6. The molecule has 0 N–H and O–H groups in total. The van der Waals surface area contributed by atoms with Crippen LogP contribution in [0.25, 0.3) is 0 Å². The van der Waals surface area contributed by atoms with Gasteiger partial charge in [0.05, 0.1) is 0 Å². The fourth-order valence-corrected chi connectivity index (χ4v) is 55.0. The van der Waals surface area contributed by atoms with Gasteiger partial charge in [-0.2, -0.15) is 0 Å². The van der Waals surface area contributed by atoms with Crippen molar-refractivity contribution in [1.82, 2.24) is 0 Å². The molecule has 12 nitrogen and oxygen atoms in total. The van der Waals surface area contributed by atoms with Gasteiger partial charge in [-0.25, -0.2) is 50.0 Å². The van der Waals surface area contributed by atoms with E-state index in [2.05, 4.69) is 166 Å². The Balaban J connectivity index is -0.000000774. The van der Waals surface area contributed by atoms with Gasteiger partial charge < -0.3 is 0 Å². The van der Waals surface area contributed by atoms with E-state index < -0.39 is 114 Å². The van der Waals surface area contributed by atoms with Gasteiger partial charge in [-0.1, -0.05) is 372 Å². The highest BCUT2D eigenvalue weighted by atomic mass is 32.3. The highest BCUT2D eigenvalue weighted by molar-refractivity contribution is 8.35. The van der Waals surface area contributed by atoms with Crippen LogP contribution < -0.4 is 0 Å². The Bertz CT molecular complexity index is 2020. The third-order valence-electron chi connectivity index (χ3n) is 24.1. The maximum Gasteiger partial charge on any atom is 0.532 e. The van der Waals surface area contributed by atoms with Crippen LogP contribution in [0.2, 0.25) is 0 Å². The Labute approximate surface area is 786 Å². The molecular weight excluding hydrogens is 1800 g/mol. The summed E-state index contributed by atoms with van der Waals surface area (Å²) < 4.78 is 164. The van der Waals surface area contributed by atoms with Crippen molar-refractivity contribution in [2.24, 2.45) is 0 Å². The minimum atomic E-state index is -4.59. The highest BCUT2D eigenvalue weighted by Crippen LogP contribution is 2.77. The summed E-state index contributed by atoms with van der Waals surface area (Å²) in [4.78, 5) is 0. The average Bonchev–Trinajstić information content (AvgIpc) is 0.823. The van der Waals surface area contributed by atoms with Gasteiger partial charge in [0.2, 0.25) is 0 Å². The number of unbranched alkanes of at least 4 members (excludes halogenated alkanes) is 32. The molecule has 28 heteroatoms. The first-order chi connectivity index (χ1) is 59.1. The zero-order valence-electron chi connectivity index (χ0n) is 86.4. The first kappa shape index (κ1) is 133. The number of halogens is 4. The van der Waals surface area contributed by atoms with Gasteiger partial charge in [-0.05, 0) is 241 Å². The number of hydrogen-bond acceptors (Lipinski definition) is 12. The third-order valence-corrected chi connectivity index (χ3v) is 64.9. The van der Waals surface area contributed by atoms with Crippen LogP contribution in [0.1, 0.15) is 474 Å². The summed E-state index contributed by atoms with van der Waals surface area (Å²) in [6, 6.07) is 0. The summed E-state index contributed by atoms with van der Waals surface area (Å²) in [5, 5.41) is 0. The molecule has 0 amide bonds. The monoisotopic (exact) mass is 2020 g/mol.